The number of amides is 1. The van der Waals surface area contributed by atoms with Gasteiger partial charge in [-0.1, -0.05) is 6.07 Å². The number of ether oxygens (including phenoxy) is 2. The lowest BCUT2D eigenvalue weighted by molar-refractivity contribution is 0.0225. The van der Waals surface area contributed by atoms with Crippen LogP contribution in [0.4, 0.5) is 10.5 Å². The molecule has 1 aromatic carbocycles. The number of benzene rings is 1. The van der Waals surface area contributed by atoms with Crippen LogP contribution in [0.15, 0.2) is 18.2 Å². The number of nitrogens with zero attached hydrogens (tertiary/aromatic N) is 2. The monoisotopic (exact) mass is 306 g/mol. The molecule has 1 aromatic rings. The molecule has 0 fully saturated rings. The van der Waals surface area contributed by atoms with Crippen molar-refractivity contribution in [2.24, 2.45) is 0 Å². The maximum atomic E-state index is 12.2. The van der Waals surface area contributed by atoms with Crippen LogP contribution in [0.2, 0.25) is 0 Å². The Morgan fingerprint density at radius 2 is 2.14 bits per heavy atom. The lowest BCUT2D eigenvalue weighted by Gasteiger charge is -2.26. The fraction of sp³-hybridized carbons (Fsp3) is 0.588. The molecule has 0 atom stereocenters. The number of anilines is 1. The molecular weight excluding hydrogens is 280 g/mol. The van der Waals surface area contributed by atoms with Gasteiger partial charge < -0.3 is 19.3 Å². The summed E-state index contributed by atoms with van der Waals surface area (Å²) in [7, 11) is 2.05. The van der Waals surface area contributed by atoms with Gasteiger partial charge in [-0.3, -0.25) is 0 Å². The van der Waals surface area contributed by atoms with Crippen molar-refractivity contribution >= 4 is 11.8 Å². The van der Waals surface area contributed by atoms with Crippen molar-refractivity contribution in [2.75, 3.05) is 31.6 Å². The van der Waals surface area contributed by atoms with E-state index in [1.807, 2.05) is 40.0 Å². The van der Waals surface area contributed by atoms with Gasteiger partial charge in [0.2, 0.25) is 0 Å². The summed E-state index contributed by atoms with van der Waals surface area (Å²) < 4.78 is 11.3. The Kier molecular flexibility index (Phi) is 4.84. The molecule has 0 N–H and O–H groups in total. The highest BCUT2D eigenvalue weighted by molar-refractivity contribution is 5.68. The fourth-order valence-electron chi connectivity index (χ4n) is 2.26. The molecule has 2 rings (SSSR count). The third-order valence-corrected chi connectivity index (χ3v) is 3.60. The van der Waals surface area contributed by atoms with Gasteiger partial charge in [0, 0.05) is 30.9 Å². The first kappa shape index (κ1) is 16.5. The Morgan fingerprint density at radius 1 is 1.41 bits per heavy atom. The Bertz CT molecular complexity index is 537. The van der Waals surface area contributed by atoms with Gasteiger partial charge >= 0.3 is 6.09 Å². The van der Waals surface area contributed by atoms with Gasteiger partial charge in [-0.05, 0) is 33.8 Å². The highest BCUT2D eigenvalue weighted by Gasteiger charge is 2.25. The first-order valence-corrected chi connectivity index (χ1v) is 7.75. The predicted octanol–water partition coefficient (Wildman–Crippen LogP) is 3.27. The molecule has 0 bridgehead atoms. The van der Waals surface area contributed by atoms with E-state index >= 15 is 0 Å². The minimum absolute atomic E-state index is 0.293. The summed E-state index contributed by atoms with van der Waals surface area (Å²) in [5.41, 5.74) is 1.64. The molecule has 5 nitrogen and oxygen atoms in total. The molecular formula is C17H26N2O3. The van der Waals surface area contributed by atoms with E-state index in [4.69, 9.17) is 9.47 Å². The molecule has 0 aromatic heterocycles. The lowest BCUT2D eigenvalue weighted by atomic mass is 10.1. The zero-order valence-electron chi connectivity index (χ0n) is 14.2. The quantitative estimate of drug-likeness (QED) is 0.841. The van der Waals surface area contributed by atoms with Crippen LogP contribution in [0.3, 0.4) is 0 Å². The molecule has 22 heavy (non-hydrogen) atoms. The summed E-state index contributed by atoms with van der Waals surface area (Å²) in [6, 6.07) is 6.13. The van der Waals surface area contributed by atoms with Crippen molar-refractivity contribution in [3.05, 3.63) is 23.8 Å². The molecule has 0 radical (unpaired) electrons. The van der Waals surface area contributed by atoms with Crippen LogP contribution in [0.5, 0.6) is 5.75 Å². The third kappa shape index (κ3) is 4.06. The maximum absolute atomic E-state index is 12.2. The fourth-order valence-corrected chi connectivity index (χ4v) is 2.26. The first-order valence-electron chi connectivity index (χ1n) is 7.75. The number of carbonyl (C=O) groups is 1. The second-order valence-electron chi connectivity index (χ2n) is 6.56. The second-order valence-corrected chi connectivity index (χ2v) is 6.56. The van der Waals surface area contributed by atoms with E-state index in [1.54, 1.807) is 4.90 Å². The molecule has 0 aliphatic carbocycles. The molecule has 0 saturated carbocycles. The minimum Gasteiger partial charge on any atom is -0.491 e. The summed E-state index contributed by atoms with van der Waals surface area (Å²) in [6.07, 6.45) is -0.293. The minimum atomic E-state index is -0.485. The molecule has 0 unspecified atom stereocenters. The number of hydrogen-bond acceptors (Lipinski definition) is 4. The van der Waals surface area contributed by atoms with Crippen molar-refractivity contribution in [1.82, 2.24) is 4.90 Å². The van der Waals surface area contributed by atoms with Crippen LogP contribution in [-0.2, 0) is 11.3 Å². The molecule has 0 spiro atoms. The smallest absolute Gasteiger partial charge is 0.410 e. The van der Waals surface area contributed by atoms with Crippen molar-refractivity contribution in [3.63, 3.8) is 0 Å². The van der Waals surface area contributed by atoms with E-state index in [0.29, 0.717) is 19.7 Å². The van der Waals surface area contributed by atoms with Crippen molar-refractivity contribution in [1.29, 1.82) is 0 Å². The average Bonchev–Trinajstić information content (AvgIpc) is 2.66. The topological polar surface area (TPSA) is 42.0 Å². The standard InChI is InChI=1S/C17H26N2O3/c1-6-18(5)14-8-7-13-12-19(9-10-21-15(13)11-14)16(20)22-17(2,3)4/h7-8,11H,6,9-10,12H2,1-5H3. The predicted molar refractivity (Wildman–Crippen MR) is 87.5 cm³/mol. The van der Waals surface area contributed by atoms with E-state index in [1.165, 1.54) is 0 Å². The van der Waals surface area contributed by atoms with E-state index in [0.717, 1.165) is 23.5 Å². The summed E-state index contributed by atoms with van der Waals surface area (Å²) in [5.74, 6) is 0.851. The Hall–Kier alpha value is -1.91. The van der Waals surface area contributed by atoms with Crippen LogP contribution in [0.25, 0.3) is 0 Å². The van der Waals surface area contributed by atoms with Gasteiger partial charge in [0.25, 0.3) is 0 Å². The van der Waals surface area contributed by atoms with E-state index in [2.05, 4.69) is 17.9 Å². The summed E-state index contributed by atoms with van der Waals surface area (Å²) in [6.45, 7) is 10.2. The van der Waals surface area contributed by atoms with E-state index < -0.39 is 5.60 Å². The Morgan fingerprint density at radius 3 is 2.77 bits per heavy atom. The number of hydrogen-bond donors (Lipinski definition) is 0. The van der Waals surface area contributed by atoms with Gasteiger partial charge in [0.15, 0.2) is 0 Å². The van der Waals surface area contributed by atoms with Gasteiger partial charge in [-0.25, -0.2) is 4.79 Å². The molecule has 1 heterocycles. The molecule has 1 amide bonds. The normalized spacial score (nSPS) is 14.7. The van der Waals surface area contributed by atoms with Gasteiger partial charge in [0.05, 0.1) is 13.1 Å². The summed E-state index contributed by atoms with van der Waals surface area (Å²) in [5, 5.41) is 0. The second kappa shape index (κ2) is 6.46. The van der Waals surface area contributed by atoms with Gasteiger partial charge in [0.1, 0.15) is 18.0 Å². The Labute approximate surface area is 132 Å². The Balaban J connectivity index is 2.15. The van der Waals surface area contributed by atoms with Crippen LogP contribution >= 0.6 is 0 Å². The lowest BCUT2D eigenvalue weighted by Crippen LogP contribution is -2.37. The van der Waals surface area contributed by atoms with E-state index in [-0.39, 0.29) is 6.09 Å². The molecule has 1 aliphatic rings. The van der Waals surface area contributed by atoms with Crippen LogP contribution in [0.1, 0.15) is 33.3 Å². The van der Waals surface area contributed by atoms with Crippen molar-refractivity contribution in [3.8, 4) is 5.75 Å². The molecule has 0 saturated heterocycles. The van der Waals surface area contributed by atoms with Crippen LogP contribution in [-0.4, -0.2) is 43.3 Å². The molecule has 5 heteroatoms. The number of fused-ring (bicyclic) bond motifs is 1. The van der Waals surface area contributed by atoms with E-state index in [9.17, 15) is 4.79 Å². The van der Waals surface area contributed by atoms with Crippen LogP contribution in [0, 0.1) is 0 Å². The van der Waals surface area contributed by atoms with Crippen LogP contribution < -0.4 is 9.64 Å². The maximum Gasteiger partial charge on any atom is 0.410 e. The van der Waals surface area contributed by atoms with Crippen molar-refractivity contribution < 1.29 is 14.3 Å². The summed E-state index contributed by atoms with van der Waals surface area (Å²) >= 11 is 0. The zero-order chi connectivity index (χ0) is 16.3. The number of rotatable bonds is 2. The van der Waals surface area contributed by atoms with Gasteiger partial charge in [-0.15, -0.1) is 0 Å². The average molecular weight is 306 g/mol. The summed E-state index contributed by atoms with van der Waals surface area (Å²) in [4.78, 5) is 16.1. The zero-order valence-corrected chi connectivity index (χ0v) is 14.2. The first-order chi connectivity index (χ1) is 10.3. The highest BCUT2D eigenvalue weighted by atomic mass is 16.6. The SMILES string of the molecule is CCN(C)c1ccc2c(c1)OCCN(C(=O)OC(C)(C)C)C2. The van der Waals surface area contributed by atoms with Crippen molar-refractivity contribution in [2.45, 2.75) is 39.8 Å². The molecule has 122 valence electrons. The largest absolute Gasteiger partial charge is 0.491 e. The highest BCUT2D eigenvalue weighted by Crippen LogP contribution is 2.28. The number of carbonyl (C=O) groups excluding carboxylic acids is 1. The third-order valence-electron chi connectivity index (χ3n) is 3.60. The molecule has 1 aliphatic heterocycles. The van der Waals surface area contributed by atoms with Gasteiger partial charge in [-0.2, -0.15) is 0 Å².